The lowest BCUT2D eigenvalue weighted by atomic mass is 10.1. The van der Waals surface area contributed by atoms with E-state index >= 15 is 0 Å². The highest BCUT2D eigenvalue weighted by Crippen LogP contribution is 2.19. The number of nitrogens with zero attached hydrogens (tertiary/aromatic N) is 1. The van der Waals surface area contributed by atoms with Crippen molar-refractivity contribution in [2.75, 3.05) is 10.6 Å². The zero-order valence-electron chi connectivity index (χ0n) is 13.5. The predicted octanol–water partition coefficient (Wildman–Crippen LogP) is 5.27. The van der Waals surface area contributed by atoms with Crippen LogP contribution >= 0.6 is 0 Å². The van der Waals surface area contributed by atoms with Gasteiger partial charge in [0.25, 0.3) is 0 Å². The number of anilines is 2. The molecular formula is C21H17N3O. The molecule has 0 aliphatic carbocycles. The van der Waals surface area contributed by atoms with Gasteiger partial charge in [-0.15, -0.1) is 0 Å². The number of amides is 2. The van der Waals surface area contributed by atoms with E-state index in [0.29, 0.717) is 0 Å². The highest BCUT2D eigenvalue weighted by molar-refractivity contribution is 6.01. The third-order valence-corrected chi connectivity index (χ3v) is 4.04. The number of urea groups is 1. The number of hydrogen-bond acceptors (Lipinski definition) is 1. The lowest BCUT2D eigenvalue weighted by Crippen LogP contribution is -2.19. The topological polar surface area (TPSA) is 46.1 Å². The highest BCUT2D eigenvalue weighted by atomic mass is 16.2. The molecule has 4 nitrogen and oxygen atoms in total. The van der Waals surface area contributed by atoms with E-state index in [-0.39, 0.29) is 6.03 Å². The zero-order chi connectivity index (χ0) is 17.1. The Labute approximate surface area is 145 Å². The first kappa shape index (κ1) is 15.0. The lowest BCUT2D eigenvalue weighted by molar-refractivity contribution is 0.262. The van der Waals surface area contributed by atoms with E-state index in [9.17, 15) is 4.79 Å². The molecule has 0 bridgehead atoms. The van der Waals surface area contributed by atoms with E-state index in [1.165, 1.54) is 0 Å². The van der Waals surface area contributed by atoms with Gasteiger partial charge in [-0.3, -0.25) is 0 Å². The molecule has 0 fully saturated rings. The number of rotatable bonds is 3. The first-order valence-electron chi connectivity index (χ1n) is 8.08. The van der Waals surface area contributed by atoms with Crippen LogP contribution in [0.3, 0.4) is 0 Å². The van der Waals surface area contributed by atoms with Crippen molar-refractivity contribution in [2.24, 2.45) is 0 Å². The fraction of sp³-hybridized carbons (Fsp3) is 0. The van der Waals surface area contributed by atoms with Crippen molar-refractivity contribution in [3.05, 3.63) is 91.3 Å². The number of carbonyl (C=O) groups is 1. The van der Waals surface area contributed by atoms with Gasteiger partial charge in [-0.25, -0.2) is 4.79 Å². The van der Waals surface area contributed by atoms with Crippen molar-refractivity contribution in [1.29, 1.82) is 0 Å². The fourth-order valence-electron chi connectivity index (χ4n) is 2.78. The Balaban J connectivity index is 1.44. The summed E-state index contributed by atoms with van der Waals surface area (Å²) in [4.78, 5) is 12.2. The van der Waals surface area contributed by atoms with Gasteiger partial charge in [0.15, 0.2) is 0 Å². The number of aromatic nitrogens is 1. The van der Waals surface area contributed by atoms with Gasteiger partial charge >= 0.3 is 6.03 Å². The van der Waals surface area contributed by atoms with Crippen LogP contribution in [0.4, 0.5) is 16.2 Å². The molecule has 0 unspecified atom stereocenters. The van der Waals surface area contributed by atoms with Crippen LogP contribution in [0.5, 0.6) is 0 Å². The van der Waals surface area contributed by atoms with Gasteiger partial charge in [-0.05, 0) is 59.3 Å². The molecule has 1 aromatic heterocycles. The van der Waals surface area contributed by atoms with E-state index in [2.05, 4.69) is 10.6 Å². The average Bonchev–Trinajstić information content (AvgIpc) is 3.17. The summed E-state index contributed by atoms with van der Waals surface area (Å²) in [5.74, 6) is 0. The molecule has 0 spiro atoms. The fourth-order valence-corrected chi connectivity index (χ4v) is 2.78. The molecule has 1 heterocycles. The van der Waals surface area contributed by atoms with Gasteiger partial charge in [0, 0.05) is 29.5 Å². The predicted molar refractivity (Wildman–Crippen MR) is 102 cm³/mol. The Morgan fingerprint density at radius 1 is 0.680 bits per heavy atom. The molecule has 122 valence electrons. The van der Waals surface area contributed by atoms with Crippen LogP contribution in [-0.4, -0.2) is 10.6 Å². The molecule has 4 rings (SSSR count). The van der Waals surface area contributed by atoms with Crippen molar-refractivity contribution in [1.82, 2.24) is 4.57 Å². The largest absolute Gasteiger partial charge is 0.324 e. The third kappa shape index (κ3) is 3.38. The number of hydrogen-bond donors (Lipinski definition) is 2. The summed E-state index contributed by atoms with van der Waals surface area (Å²) in [5.41, 5.74) is 2.56. The maximum atomic E-state index is 12.2. The maximum Gasteiger partial charge on any atom is 0.323 e. The van der Waals surface area contributed by atoms with Crippen LogP contribution in [0.15, 0.2) is 91.3 Å². The van der Waals surface area contributed by atoms with E-state index in [4.69, 9.17) is 0 Å². The second-order valence-electron chi connectivity index (χ2n) is 5.78. The molecule has 4 heteroatoms. The Morgan fingerprint density at radius 3 is 2.08 bits per heavy atom. The molecule has 0 aliphatic heterocycles. The molecule has 2 amide bonds. The van der Waals surface area contributed by atoms with Crippen LogP contribution in [0.2, 0.25) is 0 Å². The molecule has 0 saturated carbocycles. The molecule has 0 atom stereocenters. The second kappa shape index (κ2) is 6.53. The smallest absolute Gasteiger partial charge is 0.323 e. The number of fused-ring (bicyclic) bond motifs is 1. The van der Waals surface area contributed by atoms with E-state index < -0.39 is 0 Å². The van der Waals surface area contributed by atoms with Gasteiger partial charge in [-0.1, -0.05) is 30.3 Å². The summed E-state index contributed by atoms with van der Waals surface area (Å²) >= 11 is 0. The van der Waals surface area contributed by atoms with E-state index in [0.717, 1.165) is 27.8 Å². The summed E-state index contributed by atoms with van der Waals surface area (Å²) in [5, 5.41) is 7.96. The van der Waals surface area contributed by atoms with Crippen LogP contribution in [0, 0.1) is 0 Å². The summed E-state index contributed by atoms with van der Waals surface area (Å²) in [6, 6.07) is 25.3. The SMILES string of the molecule is O=C(Nc1ccc(-n2cccc2)cc1)Nc1ccc2ccccc2c1. The minimum absolute atomic E-state index is 0.260. The Bertz CT molecular complexity index is 1000. The summed E-state index contributed by atoms with van der Waals surface area (Å²) in [6.07, 6.45) is 3.96. The summed E-state index contributed by atoms with van der Waals surface area (Å²) < 4.78 is 2.01. The summed E-state index contributed by atoms with van der Waals surface area (Å²) in [7, 11) is 0. The monoisotopic (exact) mass is 327 g/mol. The standard InChI is InChI=1S/C21H17N3O/c25-21(23-19-8-7-16-5-1-2-6-17(16)15-19)22-18-9-11-20(12-10-18)24-13-3-4-14-24/h1-15H,(H2,22,23,25). The third-order valence-electron chi connectivity index (χ3n) is 4.04. The molecule has 4 aromatic rings. The number of carbonyl (C=O) groups excluding carboxylic acids is 1. The normalized spacial score (nSPS) is 10.6. The summed E-state index contributed by atoms with van der Waals surface area (Å²) in [6.45, 7) is 0. The quantitative estimate of drug-likeness (QED) is 0.529. The van der Waals surface area contributed by atoms with Crippen molar-refractivity contribution in [3.8, 4) is 5.69 Å². The van der Waals surface area contributed by atoms with Crippen molar-refractivity contribution in [3.63, 3.8) is 0 Å². The number of nitrogens with one attached hydrogen (secondary N) is 2. The van der Waals surface area contributed by atoms with Crippen LogP contribution < -0.4 is 10.6 Å². The van der Waals surface area contributed by atoms with E-state index in [1.54, 1.807) is 0 Å². The molecule has 0 saturated heterocycles. The van der Waals surface area contributed by atoms with Gasteiger partial charge in [0.05, 0.1) is 0 Å². The van der Waals surface area contributed by atoms with Crippen LogP contribution in [0.25, 0.3) is 16.5 Å². The molecule has 0 aliphatic rings. The minimum Gasteiger partial charge on any atom is -0.324 e. The minimum atomic E-state index is -0.260. The van der Waals surface area contributed by atoms with Crippen molar-refractivity contribution in [2.45, 2.75) is 0 Å². The highest BCUT2D eigenvalue weighted by Gasteiger charge is 2.04. The van der Waals surface area contributed by atoms with Gasteiger partial charge in [-0.2, -0.15) is 0 Å². The van der Waals surface area contributed by atoms with Gasteiger partial charge in [0.1, 0.15) is 0 Å². The maximum absolute atomic E-state index is 12.2. The Hall–Kier alpha value is -3.53. The average molecular weight is 327 g/mol. The van der Waals surface area contributed by atoms with E-state index in [1.807, 2.05) is 95.8 Å². The second-order valence-corrected chi connectivity index (χ2v) is 5.78. The molecule has 3 aromatic carbocycles. The lowest BCUT2D eigenvalue weighted by Gasteiger charge is -2.09. The molecule has 25 heavy (non-hydrogen) atoms. The van der Waals surface area contributed by atoms with Crippen molar-refractivity contribution >= 4 is 28.2 Å². The molecule has 2 N–H and O–H groups in total. The first-order chi connectivity index (χ1) is 12.3. The zero-order valence-corrected chi connectivity index (χ0v) is 13.5. The Morgan fingerprint density at radius 2 is 1.32 bits per heavy atom. The number of benzene rings is 3. The van der Waals surface area contributed by atoms with Gasteiger partial charge in [0.2, 0.25) is 0 Å². The molecule has 0 radical (unpaired) electrons. The molecular weight excluding hydrogens is 310 g/mol. The van der Waals surface area contributed by atoms with Crippen LogP contribution in [0.1, 0.15) is 0 Å². The van der Waals surface area contributed by atoms with Crippen molar-refractivity contribution < 1.29 is 4.79 Å². The van der Waals surface area contributed by atoms with Crippen LogP contribution in [-0.2, 0) is 0 Å². The first-order valence-corrected chi connectivity index (χ1v) is 8.08. The Kier molecular flexibility index (Phi) is 3.92. The van der Waals surface area contributed by atoms with Gasteiger partial charge < -0.3 is 15.2 Å².